The van der Waals surface area contributed by atoms with Crippen molar-refractivity contribution in [2.24, 2.45) is 5.41 Å². The third kappa shape index (κ3) is 7.39. The zero-order chi connectivity index (χ0) is 19.9. The van der Waals surface area contributed by atoms with E-state index in [2.05, 4.69) is 43.7 Å². The van der Waals surface area contributed by atoms with E-state index in [0.29, 0.717) is 26.1 Å². The molecule has 0 atom stereocenters. The number of aromatic nitrogens is 1. The molecule has 2 aromatic rings. The summed E-state index contributed by atoms with van der Waals surface area (Å²) in [4.78, 5) is 14.8. The van der Waals surface area contributed by atoms with Crippen molar-refractivity contribution in [3.8, 4) is 0 Å². The van der Waals surface area contributed by atoms with Crippen molar-refractivity contribution in [1.82, 2.24) is 9.47 Å². The van der Waals surface area contributed by atoms with Crippen molar-refractivity contribution in [1.29, 1.82) is 0 Å². The average molecular weight is 391 g/mol. The van der Waals surface area contributed by atoms with Gasteiger partial charge in [0.05, 0.1) is 6.54 Å². The second-order valence-electron chi connectivity index (χ2n) is 8.16. The Bertz CT molecular complexity index is 734. The van der Waals surface area contributed by atoms with Gasteiger partial charge in [0.1, 0.15) is 0 Å². The third-order valence-corrected chi connectivity index (χ3v) is 4.56. The SMILES string of the molecule is COCCCN(Cc1cccn1Cc1cccc(Cl)c1)C(=O)CC(C)(C)C. The fourth-order valence-electron chi connectivity index (χ4n) is 3.03. The number of rotatable bonds is 9. The summed E-state index contributed by atoms with van der Waals surface area (Å²) in [7, 11) is 1.69. The van der Waals surface area contributed by atoms with E-state index in [9.17, 15) is 4.79 Å². The zero-order valence-electron chi connectivity index (χ0n) is 16.9. The largest absolute Gasteiger partial charge is 0.385 e. The second-order valence-corrected chi connectivity index (χ2v) is 8.59. The molecule has 0 fully saturated rings. The molecule has 0 unspecified atom stereocenters. The zero-order valence-corrected chi connectivity index (χ0v) is 17.6. The third-order valence-electron chi connectivity index (χ3n) is 4.33. The van der Waals surface area contributed by atoms with Gasteiger partial charge in [0.25, 0.3) is 0 Å². The minimum atomic E-state index is -0.0284. The molecule has 27 heavy (non-hydrogen) atoms. The number of hydrogen-bond acceptors (Lipinski definition) is 2. The lowest BCUT2D eigenvalue weighted by atomic mass is 9.91. The van der Waals surface area contributed by atoms with Gasteiger partial charge in [-0.3, -0.25) is 4.79 Å². The number of hydrogen-bond donors (Lipinski definition) is 0. The lowest BCUT2D eigenvalue weighted by Gasteiger charge is -2.27. The van der Waals surface area contributed by atoms with Crippen LogP contribution in [0.2, 0.25) is 5.02 Å². The highest BCUT2D eigenvalue weighted by Gasteiger charge is 2.22. The first-order valence-corrected chi connectivity index (χ1v) is 9.81. The van der Waals surface area contributed by atoms with E-state index in [1.54, 1.807) is 7.11 Å². The molecule has 1 aromatic heterocycles. The van der Waals surface area contributed by atoms with Gasteiger partial charge in [-0.1, -0.05) is 44.5 Å². The summed E-state index contributed by atoms with van der Waals surface area (Å²) >= 11 is 6.11. The molecule has 0 saturated carbocycles. The van der Waals surface area contributed by atoms with Crippen LogP contribution < -0.4 is 0 Å². The van der Waals surface area contributed by atoms with E-state index in [-0.39, 0.29) is 11.3 Å². The Labute approximate surface area is 168 Å². The van der Waals surface area contributed by atoms with Gasteiger partial charge in [-0.05, 0) is 41.7 Å². The van der Waals surface area contributed by atoms with Crippen LogP contribution in [-0.4, -0.2) is 35.6 Å². The molecular weight excluding hydrogens is 360 g/mol. The molecule has 0 spiro atoms. The summed E-state index contributed by atoms with van der Waals surface area (Å²) in [5.74, 6) is 0.189. The van der Waals surface area contributed by atoms with Gasteiger partial charge in [0.15, 0.2) is 0 Å². The first-order chi connectivity index (χ1) is 12.8. The molecule has 1 amide bonds. The van der Waals surface area contributed by atoms with E-state index in [0.717, 1.165) is 29.2 Å². The highest BCUT2D eigenvalue weighted by atomic mass is 35.5. The number of amides is 1. The van der Waals surface area contributed by atoms with E-state index in [1.165, 1.54) is 0 Å². The Kier molecular flexibility index (Phi) is 7.93. The van der Waals surface area contributed by atoms with E-state index in [1.807, 2.05) is 29.2 Å². The predicted octanol–water partition coefficient (Wildman–Crippen LogP) is 4.99. The molecule has 0 saturated heterocycles. The van der Waals surface area contributed by atoms with Gasteiger partial charge >= 0.3 is 0 Å². The van der Waals surface area contributed by atoms with Gasteiger partial charge in [-0.2, -0.15) is 0 Å². The molecule has 0 radical (unpaired) electrons. The first kappa shape index (κ1) is 21.5. The van der Waals surface area contributed by atoms with Crippen LogP contribution in [0.5, 0.6) is 0 Å². The standard InChI is InChI=1S/C22H31ClN2O2/c1-22(2,3)15-21(26)25(12-7-13-27-4)17-20-10-6-11-24(20)16-18-8-5-9-19(23)14-18/h5-6,8-11,14H,7,12-13,15-17H2,1-4H3. The van der Waals surface area contributed by atoms with Crippen LogP contribution in [0.1, 0.15) is 44.9 Å². The van der Waals surface area contributed by atoms with Crippen molar-refractivity contribution < 1.29 is 9.53 Å². The molecule has 0 aliphatic heterocycles. The molecular formula is C22H31ClN2O2. The van der Waals surface area contributed by atoms with Crippen LogP contribution in [0.15, 0.2) is 42.6 Å². The maximum atomic E-state index is 12.9. The van der Waals surface area contributed by atoms with Crippen molar-refractivity contribution in [2.75, 3.05) is 20.3 Å². The van der Waals surface area contributed by atoms with Gasteiger partial charge in [-0.25, -0.2) is 0 Å². The van der Waals surface area contributed by atoms with Crippen LogP contribution in [0.4, 0.5) is 0 Å². The van der Waals surface area contributed by atoms with Crippen molar-refractivity contribution >= 4 is 17.5 Å². The molecule has 148 valence electrons. The molecule has 2 rings (SSSR count). The molecule has 0 aliphatic carbocycles. The number of halogens is 1. The van der Waals surface area contributed by atoms with Crippen LogP contribution >= 0.6 is 11.6 Å². The van der Waals surface area contributed by atoms with Crippen LogP contribution in [0.25, 0.3) is 0 Å². The normalized spacial score (nSPS) is 11.6. The smallest absolute Gasteiger partial charge is 0.223 e. The highest BCUT2D eigenvalue weighted by molar-refractivity contribution is 6.30. The minimum Gasteiger partial charge on any atom is -0.385 e. The lowest BCUT2D eigenvalue weighted by molar-refractivity contribution is -0.134. The quantitative estimate of drug-likeness (QED) is 0.565. The molecule has 0 aliphatic rings. The van der Waals surface area contributed by atoms with Crippen molar-refractivity contribution in [2.45, 2.75) is 46.7 Å². The topological polar surface area (TPSA) is 34.5 Å². The minimum absolute atomic E-state index is 0.0284. The fraction of sp³-hybridized carbons (Fsp3) is 0.500. The number of ether oxygens (including phenoxy) is 1. The average Bonchev–Trinajstić information content (AvgIpc) is 2.99. The van der Waals surface area contributed by atoms with Crippen LogP contribution in [0.3, 0.4) is 0 Å². The highest BCUT2D eigenvalue weighted by Crippen LogP contribution is 2.21. The summed E-state index contributed by atoms with van der Waals surface area (Å²) in [6.45, 7) is 8.99. The summed E-state index contributed by atoms with van der Waals surface area (Å²) in [5, 5.41) is 0.739. The van der Waals surface area contributed by atoms with Crippen molar-refractivity contribution in [3.05, 3.63) is 58.9 Å². The van der Waals surface area contributed by atoms with Crippen molar-refractivity contribution in [3.63, 3.8) is 0 Å². The number of carbonyl (C=O) groups is 1. The molecule has 4 nitrogen and oxygen atoms in total. The summed E-state index contributed by atoms with van der Waals surface area (Å²) in [5.41, 5.74) is 2.24. The maximum Gasteiger partial charge on any atom is 0.223 e. The number of carbonyl (C=O) groups excluding carboxylic acids is 1. The van der Waals surface area contributed by atoms with Gasteiger partial charge < -0.3 is 14.2 Å². The molecule has 1 heterocycles. The lowest BCUT2D eigenvalue weighted by Crippen LogP contribution is -2.35. The summed E-state index contributed by atoms with van der Waals surface area (Å²) < 4.78 is 7.35. The van der Waals surface area contributed by atoms with E-state index >= 15 is 0 Å². The second kappa shape index (κ2) is 9.95. The summed E-state index contributed by atoms with van der Waals surface area (Å²) in [6.07, 6.45) is 3.42. The van der Waals surface area contributed by atoms with E-state index < -0.39 is 0 Å². The Morgan fingerprint density at radius 3 is 2.67 bits per heavy atom. The first-order valence-electron chi connectivity index (χ1n) is 9.44. The molecule has 0 N–H and O–H groups in total. The van der Waals surface area contributed by atoms with Gasteiger partial charge in [0.2, 0.25) is 5.91 Å². The molecule has 1 aromatic carbocycles. The van der Waals surface area contributed by atoms with Gasteiger partial charge in [-0.15, -0.1) is 0 Å². The monoisotopic (exact) mass is 390 g/mol. The summed E-state index contributed by atoms with van der Waals surface area (Å²) in [6, 6.07) is 12.0. The Morgan fingerprint density at radius 1 is 1.22 bits per heavy atom. The fourth-order valence-corrected chi connectivity index (χ4v) is 3.24. The number of nitrogens with zero attached hydrogens (tertiary/aromatic N) is 2. The molecule has 0 bridgehead atoms. The van der Waals surface area contributed by atoms with Gasteiger partial charge in [0, 0.05) is 50.1 Å². The maximum absolute atomic E-state index is 12.9. The number of benzene rings is 1. The predicted molar refractivity (Wildman–Crippen MR) is 111 cm³/mol. The van der Waals surface area contributed by atoms with E-state index in [4.69, 9.17) is 16.3 Å². The van der Waals surface area contributed by atoms with Crippen LogP contribution in [0, 0.1) is 5.41 Å². The Balaban J connectivity index is 2.12. The molecule has 5 heteroatoms. The number of methoxy groups -OCH3 is 1. The Hall–Kier alpha value is -1.78. The van der Waals surface area contributed by atoms with Crippen LogP contribution in [-0.2, 0) is 22.6 Å². The Morgan fingerprint density at radius 2 is 2.00 bits per heavy atom.